The lowest BCUT2D eigenvalue weighted by Gasteiger charge is -2.13. The summed E-state index contributed by atoms with van der Waals surface area (Å²) in [4.78, 5) is 25.0. The van der Waals surface area contributed by atoms with Crippen LogP contribution in [0.2, 0.25) is 0 Å². The summed E-state index contributed by atoms with van der Waals surface area (Å²) in [5.74, 6) is -0.157. The van der Waals surface area contributed by atoms with E-state index in [1.54, 1.807) is 24.3 Å². The number of ether oxygens (including phenoxy) is 1. The van der Waals surface area contributed by atoms with Gasteiger partial charge in [-0.25, -0.2) is 5.01 Å². The maximum Gasteiger partial charge on any atom is 0.282 e. The molecule has 6 heteroatoms. The highest BCUT2D eigenvalue weighted by Gasteiger charge is 2.34. The molecule has 1 fully saturated rings. The van der Waals surface area contributed by atoms with Crippen LogP contribution in [0, 0.1) is 0 Å². The van der Waals surface area contributed by atoms with Crippen LogP contribution in [-0.2, 0) is 16.2 Å². The van der Waals surface area contributed by atoms with E-state index in [9.17, 15) is 9.59 Å². The fraction of sp³-hybridized carbons (Fsp3) is 0.0435. The third-order valence-electron chi connectivity index (χ3n) is 4.39. The lowest BCUT2D eigenvalue weighted by Crippen LogP contribution is -2.35. The lowest BCUT2D eigenvalue weighted by atomic mass is 10.1. The highest BCUT2D eigenvalue weighted by atomic mass is 79.9. The predicted molar refractivity (Wildman–Crippen MR) is 115 cm³/mol. The third-order valence-corrected chi connectivity index (χ3v) is 4.92. The summed E-state index contributed by atoms with van der Waals surface area (Å²) in [6.07, 6.45) is 1.58. The molecule has 3 aromatic carbocycles. The zero-order valence-corrected chi connectivity index (χ0v) is 16.9. The summed E-state index contributed by atoms with van der Waals surface area (Å²) >= 11 is 3.41. The minimum Gasteiger partial charge on any atom is -0.489 e. The first-order valence-electron chi connectivity index (χ1n) is 9.00. The maximum atomic E-state index is 12.7. The number of para-hydroxylation sites is 1. The molecule has 4 rings (SSSR count). The Labute approximate surface area is 176 Å². The van der Waals surface area contributed by atoms with Crippen LogP contribution in [0.4, 0.5) is 5.69 Å². The molecule has 1 aliphatic rings. The Hall–Kier alpha value is -3.38. The summed E-state index contributed by atoms with van der Waals surface area (Å²) in [5, 5.41) is 1.25. The van der Waals surface area contributed by atoms with Crippen molar-refractivity contribution in [3.63, 3.8) is 0 Å². The number of carbonyl (C=O) groups is 2. The molecule has 0 aromatic heterocycles. The van der Waals surface area contributed by atoms with Crippen molar-refractivity contribution in [1.29, 1.82) is 0 Å². The van der Waals surface area contributed by atoms with Gasteiger partial charge in [0.2, 0.25) is 0 Å². The maximum absolute atomic E-state index is 12.7. The summed E-state index contributed by atoms with van der Waals surface area (Å²) in [7, 11) is 0. The molecule has 144 valence electrons. The highest BCUT2D eigenvalue weighted by Crippen LogP contribution is 2.23. The van der Waals surface area contributed by atoms with Gasteiger partial charge in [0.1, 0.15) is 17.9 Å². The number of rotatable bonds is 5. The summed E-state index contributed by atoms with van der Waals surface area (Å²) < 4.78 is 6.85. The van der Waals surface area contributed by atoms with Gasteiger partial charge in [0.05, 0.1) is 5.69 Å². The summed E-state index contributed by atoms with van der Waals surface area (Å²) in [5.41, 5.74) is 5.05. The van der Waals surface area contributed by atoms with Gasteiger partial charge in [-0.05, 0) is 53.6 Å². The molecule has 0 bridgehead atoms. The highest BCUT2D eigenvalue weighted by molar-refractivity contribution is 9.10. The van der Waals surface area contributed by atoms with Gasteiger partial charge in [0.25, 0.3) is 11.8 Å². The van der Waals surface area contributed by atoms with E-state index in [-0.39, 0.29) is 11.5 Å². The number of benzene rings is 3. The number of carbonyl (C=O) groups excluding carboxylic acids is 2. The molecular weight excluding hydrogens is 432 g/mol. The van der Waals surface area contributed by atoms with Crippen LogP contribution in [0.25, 0.3) is 6.08 Å². The van der Waals surface area contributed by atoms with Crippen molar-refractivity contribution < 1.29 is 14.3 Å². The number of hydrogen-bond acceptors (Lipinski definition) is 3. The molecule has 0 aliphatic carbocycles. The summed E-state index contributed by atoms with van der Waals surface area (Å²) in [6, 6.07) is 24.2. The Bertz CT molecular complexity index is 1080. The van der Waals surface area contributed by atoms with E-state index in [1.165, 1.54) is 5.01 Å². The Kier molecular flexibility index (Phi) is 5.44. The number of halogens is 1. The SMILES string of the molecule is O=C1NN(c2ccccc2)C(=O)/C1=C\c1cccc(OCc2ccc(Br)cc2)c1. The largest absolute Gasteiger partial charge is 0.489 e. The van der Waals surface area contributed by atoms with E-state index in [2.05, 4.69) is 21.4 Å². The number of hydrazine groups is 1. The van der Waals surface area contributed by atoms with Crippen molar-refractivity contribution in [3.8, 4) is 5.75 Å². The number of nitrogens with zero attached hydrogens (tertiary/aromatic N) is 1. The van der Waals surface area contributed by atoms with Crippen molar-refractivity contribution in [2.45, 2.75) is 6.61 Å². The smallest absolute Gasteiger partial charge is 0.282 e. The minimum absolute atomic E-state index is 0.0823. The van der Waals surface area contributed by atoms with Gasteiger partial charge in [0, 0.05) is 4.47 Å². The molecule has 3 aromatic rings. The number of anilines is 1. The van der Waals surface area contributed by atoms with Gasteiger partial charge in [0.15, 0.2) is 0 Å². The molecule has 0 spiro atoms. The zero-order valence-electron chi connectivity index (χ0n) is 15.3. The van der Waals surface area contributed by atoms with E-state index in [0.29, 0.717) is 23.6 Å². The van der Waals surface area contributed by atoms with Gasteiger partial charge in [-0.1, -0.05) is 58.4 Å². The topological polar surface area (TPSA) is 58.6 Å². The monoisotopic (exact) mass is 448 g/mol. The van der Waals surface area contributed by atoms with Crippen LogP contribution in [0.3, 0.4) is 0 Å². The van der Waals surface area contributed by atoms with Crippen molar-refractivity contribution >= 4 is 39.5 Å². The molecule has 0 radical (unpaired) electrons. The molecule has 1 aliphatic heterocycles. The molecule has 29 heavy (non-hydrogen) atoms. The first kappa shape index (κ1) is 19.0. The molecule has 0 atom stereocenters. The first-order chi connectivity index (χ1) is 14.1. The fourth-order valence-electron chi connectivity index (χ4n) is 2.92. The van der Waals surface area contributed by atoms with Crippen LogP contribution in [0.15, 0.2) is 88.9 Å². The van der Waals surface area contributed by atoms with Crippen LogP contribution in [-0.4, -0.2) is 11.8 Å². The molecule has 5 nitrogen and oxygen atoms in total. The molecular formula is C23H17BrN2O3. The molecule has 1 N–H and O–H groups in total. The minimum atomic E-state index is -0.431. The molecule has 0 unspecified atom stereocenters. The van der Waals surface area contributed by atoms with Gasteiger partial charge in [-0.2, -0.15) is 0 Å². The Balaban J connectivity index is 1.50. The molecule has 1 saturated heterocycles. The molecule has 1 heterocycles. The average Bonchev–Trinajstić information content (AvgIpc) is 3.03. The van der Waals surface area contributed by atoms with E-state index in [1.807, 2.05) is 60.7 Å². The Morgan fingerprint density at radius 1 is 0.931 bits per heavy atom. The second kappa shape index (κ2) is 8.32. The second-order valence-electron chi connectivity index (χ2n) is 6.46. The zero-order chi connectivity index (χ0) is 20.2. The van der Waals surface area contributed by atoms with E-state index in [4.69, 9.17) is 4.74 Å². The lowest BCUT2D eigenvalue weighted by molar-refractivity contribution is -0.117. The Morgan fingerprint density at radius 2 is 1.69 bits per heavy atom. The van der Waals surface area contributed by atoms with Gasteiger partial charge in [-0.3, -0.25) is 15.0 Å². The van der Waals surface area contributed by atoms with Crippen LogP contribution in [0.5, 0.6) is 5.75 Å². The van der Waals surface area contributed by atoms with Gasteiger partial charge < -0.3 is 4.74 Å². The average molecular weight is 449 g/mol. The molecule has 0 saturated carbocycles. The van der Waals surface area contributed by atoms with Crippen molar-refractivity contribution in [1.82, 2.24) is 5.43 Å². The third kappa shape index (κ3) is 4.38. The van der Waals surface area contributed by atoms with Crippen LogP contribution >= 0.6 is 15.9 Å². The summed E-state index contributed by atoms with van der Waals surface area (Å²) in [6.45, 7) is 0.425. The number of hydrogen-bond donors (Lipinski definition) is 1. The second-order valence-corrected chi connectivity index (χ2v) is 7.38. The number of nitrogens with one attached hydrogen (secondary N) is 1. The van der Waals surface area contributed by atoms with E-state index in [0.717, 1.165) is 10.0 Å². The fourth-order valence-corrected chi connectivity index (χ4v) is 3.19. The van der Waals surface area contributed by atoms with Crippen molar-refractivity contribution in [3.05, 3.63) is 100 Å². The predicted octanol–water partition coefficient (Wildman–Crippen LogP) is 4.49. The van der Waals surface area contributed by atoms with Crippen LogP contribution in [0.1, 0.15) is 11.1 Å². The van der Waals surface area contributed by atoms with Crippen LogP contribution < -0.4 is 15.2 Å². The molecule has 2 amide bonds. The Morgan fingerprint density at radius 3 is 2.45 bits per heavy atom. The normalized spacial score (nSPS) is 14.9. The standard InChI is InChI=1S/C23H17BrN2O3/c24-18-11-9-16(10-12-18)15-29-20-8-4-5-17(13-20)14-21-22(27)25-26(23(21)28)19-6-2-1-3-7-19/h1-14H,15H2,(H,25,27)/b21-14-. The number of amides is 2. The quantitative estimate of drug-likeness (QED) is 0.462. The first-order valence-corrected chi connectivity index (χ1v) is 9.79. The van der Waals surface area contributed by atoms with Gasteiger partial charge in [-0.15, -0.1) is 0 Å². The van der Waals surface area contributed by atoms with E-state index >= 15 is 0 Å². The van der Waals surface area contributed by atoms with E-state index < -0.39 is 5.91 Å². The van der Waals surface area contributed by atoms with Crippen molar-refractivity contribution in [2.75, 3.05) is 5.01 Å². The van der Waals surface area contributed by atoms with Crippen molar-refractivity contribution in [2.24, 2.45) is 0 Å². The van der Waals surface area contributed by atoms with Gasteiger partial charge >= 0.3 is 0 Å².